The normalized spacial score (nSPS) is 19.3. The topological polar surface area (TPSA) is 81.4 Å². The zero-order valence-electron chi connectivity index (χ0n) is 11.3. The molecule has 106 valence electrons. The van der Waals surface area contributed by atoms with E-state index in [4.69, 9.17) is 10.5 Å². The Morgan fingerprint density at radius 1 is 1.32 bits per heavy atom. The van der Waals surface area contributed by atoms with E-state index in [1.807, 2.05) is 6.92 Å². The standard InChI is InChI=1S/C13H20N2O3S/c1-10-9-11(14)3-4-12(10)19(16,17)15-13(2)5-7-18-8-6-13/h3-4,9,15H,5-8,14H2,1-2H3. The van der Waals surface area contributed by atoms with E-state index in [2.05, 4.69) is 4.72 Å². The molecule has 2 rings (SSSR count). The minimum Gasteiger partial charge on any atom is -0.399 e. The van der Waals surface area contributed by atoms with Gasteiger partial charge in [0.25, 0.3) is 0 Å². The van der Waals surface area contributed by atoms with Crippen molar-refractivity contribution < 1.29 is 13.2 Å². The summed E-state index contributed by atoms with van der Waals surface area (Å²) in [5.41, 5.74) is 6.43. The molecule has 0 bridgehead atoms. The van der Waals surface area contributed by atoms with Crippen molar-refractivity contribution in [3.63, 3.8) is 0 Å². The van der Waals surface area contributed by atoms with E-state index in [9.17, 15) is 8.42 Å². The van der Waals surface area contributed by atoms with Crippen molar-refractivity contribution in [2.45, 2.75) is 37.1 Å². The van der Waals surface area contributed by atoms with Crippen molar-refractivity contribution in [2.24, 2.45) is 0 Å². The van der Waals surface area contributed by atoms with Gasteiger partial charge in [0, 0.05) is 24.4 Å². The quantitative estimate of drug-likeness (QED) is 0.823. The maximum atomic E-state index is 12.4. The van der Waals surface area contributed by atoms with Crippen LogP contribution in [0.1, 0.15) is 25.3 Å². The monoisotopic (exact) mass is 284 g/mol. The van der Waals surface area contributed by atoms with Crippen molar-refractivity contribution >= 4 is 15.7 Å². The Balaban J connectivity index is 2.27. The van der Waals surface area contributed by atoms with Crippen LogP contribution < -0.4 is 10.5 Å². The number of anilines is 1. The van der Waals surface area contributed by atoms with Crippen molar-refractivity contribution in [3.8, 4) is 0 Å². The molecule has 0 saturated carbocycles. The Bertz CT molecular complexity index is 563. The summed E-state index contributed by atoms with van der Waals surface area (Å²) in [6.45, 7) is 4.83. The molecular formula is C13H20N2O3S. The van der Waals surface area contributed by atoms with Crippen LogP contribution in [0.5, 0.6) is 0 Å². The van der Waals surface area contributed by atoms with Crippen LogP contribution >= 0.6 is 0 Å². The van der Waals surface area contributed by atoms with E-state index < -0.39 is 15.6 Å². The second-order valence-corrected chi connectivity index (χ2v) is 6.95. The van der Waals surface area contributed by atoms with E-state index in [1.54, 1.807) is 25.1 Å². The molecule has 1 aromatic carbocycles. The minimum atomic E-state index is -3.53. The summed E-state index contributed by atoms with van der Waals surface area (Å²) in [5, 5.41) is 0. The van der Waals surface area contributed by atoms with Crippen LogP contribution in [0.2, 0.25) is 0 Å². The van der Waals surface area contributed by atoms with Crippen LogP contribution in [-0.4, -0.2) is 27.2 Å². The van der Waals surface area contributed by atoms with Crippen LogP contribution in [0.4, 0.5) is 5.69 Å². The Morgan fingerprint density at radius 3 is 2.53 bits per heavy atom. The van der Waals surface area contributed by atoms with E-state index in [0.717, 1.165) is 0 Å². The maximum absolute atomic E-state index is 12.4. The van der Waals surface area contributed by atoms with Crippen LogP contribution in [0.15, 0.2) is 23.1 Å². The van der Waals surface area contributed by atoms with Gasteiger partial charge in [-0.2, -0.15) is 0 Å². The van der Waals surface area contributed by atoms with Gasteiger partial charge in [-0.05, 0) is 50.5 Å². The van der Waals surface area contributed by atoms with Crippen molar-refractivity contribution in [1.82, 2.24) is 4.72 Å². The lowest BCUT2D eigenvalue weighted by molar-refractivity contribution is 0.0537. The van der Waals surface area contributed by atoms with Gasteiger partial charge in [0.2, 0.25) is 10.0 Å². The number of nitrogens with two attached hydrogens (primary N) is 1. The van der Waals surface area contributed by atoms with Crippen LogP contribution in [0.3, 0.4) is 0 Å². The summed E-state index contributed by atoms with van der Waals surface area (Å²) < 4.78 is 33.0. The number of nitrogens with one attached hydrogen (secondary N) is 1. The fourth-order valence-electron chi connectivity index (χ4n) is 2.28. The predicted molar refractivity (Wildman–Crippen MR) is 74.4 cm³/mol. The Hall–Kier alpha value is -1.11. The highest BCUT2D eigenvalue weighted by atomic mass is 32.2. The molecule has 0 unspecified atom stereocenters. The lowest BCUT2D eigenvalue weighted by Crippen LogP contribution is -2.49. The van der Waals surface area contributed by atoms with Gasteiger partial charge in [-0.1, -0.05) is 0 Å². The van der Waals surface area contributed by atoms with Crippen molar-refractivity contribution in [1.29, 1.82) is 0 Å². The van der Waals surface area contributed by atoms with Crippen molar-refractivity contribution in [3.05, 3.63) is 23.8 Å². The van der Waals surface area contributed by atoms with Gasteiger partial charge in [-0.15, -0.1) is 0 Å². The highest BCUT2D eigenvalue weighted by molar-refractivity contribution is 7.89. The lowest BCUT2D eigenvalue weighted by Gasteiger charge is -2.34. The van der Waals surface area contributed by atoms with E-state index in [-0.39, 0.29) is 4.90 Å². The molecule has 19 heavy (non-hydrogen) atoms. The molecule has 0 spiro atoms. The van der Waals surface area contributed by atoms with Gasteiger partial charge in [-0.3, -0.25) is 0 Å². The molecule has 1 aromatic rings. The number of benzene rings is 1. The Kier molecular flexibility index (Phi) is 3.85. The average Bonchev–Trinajstić information content (AvgIpc) is 2.27. The summed E-state index contributed by atoms with van der Waals surface area (Å²) in [7, 11) is -3.53. The summed E-state index contributed by atoms with van der Waals surface area (Å²) in [6, 6.07) is 4.82. The first-order valence-electron chi connectivity index (χ1n) is 6.30. The van der Waals surface area contributed by atoms with Gasteiger partial charge in [0.15, 0.2) is 0 Å². The number of aryl methyl sites for hydroxylation is 1. The minimum absolute atomic E-state index is 0.286. The van der Waals surface area contributed by atoms with Crippen LogP contribution in [0.25, 0.3) is 0 Å². The third kappa shape index (κ3) is 3.26. The molecular weight excluding hydrogens is 264 g/mol. The fourth-order valence-corrected chi connectivity index (χ4v) is 3.97. The molecule has 1 aliphatic heterocycles. The number of nitrogen functional groups attached to an aromatic ring is 1. The van der Waals surface area contributed by atoms with Gasteiger partial charge >= 0.3 is 0 Å². The molecule has 0 aliphatic carbocycles. The number of hydrogen-bond donors (Lipinski definition) is 2. The Labute approximate surface area is 114 Å². The first kappa shape index (κ1) is 14.3. The molecule has 1 heterocycles. The van der Waals surface area contributed by atoms with Gasteiger partial charge in [-0.25, -0.2) is 13.1 Å². The van der Waals surface area contributed by atoms with E-state index in [1.165, 1.54) is 0 Å². The average molecular weight is 284 g/mol. The highest BCUT2D eigenvalue weighted by Crippen LogP contribution is 2.25. The molecule has 0 atom stereocenters. The summed E-state index contributed by atoms with van der Waals surface area (Å²) >= 11 is 0. The van der Waals surface area contributed by atoms with Gasteiger partial charge in [0.05, 0.1) is 4.90 Å². The second-order valence-electron chi connectivity index (χ2n) is 5.30. The molecule has 0 aromatic heterocycles. The van der Waals surface area contributed by atoms with Gasteiger partial charge < -0.3 is 10.5 Å². The predicted octanol–water partition coefficient (Wildman–Crippen LogP) is 1.42. The third-order valence-corrected chi connectivity index (χ3v) is 5.26. The SMILES string of the molecule is Cc1cc(N)ccc1S(=O)(=O)NC1(C)CCOCC1. The lowest BCUT2D eigenvalue weighted by atomic mass is 9.94. The molecule has 6 heteroatoms. The summed E-state index contributed by atoms with van der Waals surface area (Å²) in [4.78, 5) is 0.286. The molecule has 0 amide bonds. The number of hydrogen-bond acceptors (Lipinski definition) is 4. The first-order chi connectivity index (χ1) is 8.82. The smallest absolute Gasteiger partial charge is 0.241 e. The highest BCUT2D eigenvalue weighted by Gasteiger charge is 2.33. The molecule has 1 aliphatic rings. The summed E-state index contributed by atoms with van der Waals surface area (Å²) in [5.74, 6) is 0. The van der Waals surface area contributed by atoms with Crippen LogP contribution in [0, 0.1) is 6.92 Å². The number of ether oxygens (including phenoxy) is 1. The van der Waals surface area contributed by atoms with E-state index >= 15 is 0 Å². The molecule has 1 fully saturated rings. The zero-order valence-corrected chi connectivity index (χ0v) is 12.1. The maximum Gasteiger partial charge on any atom is 0.241 e. The zero-order chi connectivity index (χ0) is 14.1. The molecule has 0 radical (unpaired) electrons. The number of sulfonamides is 1. The number of rotatable bonds is 3. The fraction of sp³-hybridized carbons (Fsp3) is 0.538. The van der Waals surface area contributed by atoms with E-state index in [0.29, 0.717) is 37.3 Å². The van der Waals surface area contributed by atoms with Crippen molar-refractivity contribution in [2.75, 3.05) is 18.9 Å². The molecule has 3 N–H and O–H groups in total. The third-order valence-electron chi connectivity index (χ3n) is 3.47. The first-order valence-corrected chi connectivity index (χ1v) is 7.79. The van der Waals surface area contributed by atoms with Gasteiger partial charge in [0.1, 0.15) is 0 Å². The second kappa shape index (κ2) is 5.11. The molecule has 1 saturated heterocycles. The Morgan fingerprint density at radius 2 is 1.95 bits per heavy atom. The molecule has 5 nitrogen and oxygen atoms in total. The summed E-state index contributed by atoms with van der Waals surface area (Å²) in [6.07, 6.45) is 1.36. The van der Waals surface area contributed by atoms with Crippen LogP contribution in [-0.2, 0) is 14.8 Å². The largest absolute Gasteiger partial charge is 0.399 e.